The summed E-state index contributed by atoms with van der Waals surface area (Å²) in [6.07, 6.45) is -0.190. The van der Waals surface area contributed by atoms with Crippen molar-refractivity contribution in [3.8, 4) is 0 Å². The van der Waals surface area contributed by atoms with E-state index in [1.807, 2.05) is 0 Å². The van der Waals surface area contributed by atoms with Gasteiger partial charge in [-0.25, -0.2) is 0 Å². The zero-order chi connectivity index (χ0) is 18.8. The summed E-state index contributed by atoms with van der Waals surface area (Å²) in [5.41, 5.74) is 0.368. The summed E-state index contributed by atoms with van der Waals surface area (Å²) in [6, 6.07) is 10.3. The van der Waals surface area contributed by atoms with Gasteiger partial charge >= 0.3 is 0 Å². The Hall–Kier alpha value is -3.19. The van der Waals surface area contributed by atoms with Gasteiger partial charge in [-0.2, -0.15) is 0 Å². The average Bonchev–Trinajstić information content (AvgIpc) is 2.84. The van der Waals surface area contributed by atoms with E-state index in [4.69, 9.17) is 11.6 Å². The first-order valence-electron chi connectivity index (χ1n) is 7.64. The lowest BCUT2D eigenvalue weighted by Gasteiger charge is -2.15. The number of carboxylic acid groups (broad SMARTS) is 1. The largest absolute Gasteiger partial charge is 0.545 e. The van der Waals surface area contributed by atoms with E-state index in [0.717, 1.165) is 4.90 Å². The van der Waals surface area contributed by atoms with Crippen molar-refractivity contribution in [3.63, 3.8) is 0 Å². The van der Waals surface area contributed by atoms with Crippen LogP contribution >= 0.6 is 11.6 Å². The van der Waals surface area contributed by atoms with E-state index in [9.17, 15) is 24.3 Å². The molecule has 0 saturated carbocycles. The summed E-state index contributed by atoms with van der Waals surface area (Å²) in [7, 11) is 0. The Morgan fingerprint density at radius 1 is 1.04 bits per heavy atom. The molecule has 3 amide bonds. The summed E-state index contributed by atoms with van der Waals surface area (Å²) >= 11 is 5.81. The molecule has 0 atom stereocenters. The Labute approximate surface area is 153 Å². The summed E-state index contributed by atoms with van der Waals surface area (Å²) in [5, 5.41) is 13.7. The number of fused-ring (bicyclic) bond motifs is 1. The number of anilines is 1. The molecule has 26 heavy (non-hydrogen) atoms. The number of rotatable bonds is 5. The van der Waals surface area contributed by atoms with Gasteiger partial charge in [0, 0.05) is 23.6 Å². The number of imide groups is 1. The van der Waals surface area contributed by atoms with E-state index in [2.05, 4.69) is 5.32 Å². The molecule has 0 spiro atoms. The lowest BCUT2D eigenvalue weighted by molar-refractivity contribution is -0.254. The second kappa shape index (κ2) is 6.97. The molecule has 0 radical (unpaired) electrons. The van der Waals surface area contributed by atoms with Crippen LogP contribution in [-0.4, -0.2) is 35.1 Å². The van der Waals surface area contributed by atoms with E-state index in [0.29, 0.717) is 11.1 Å². The normalized spacial score (nSPS) is 12.9. The van der Waals surface area contributed by atoms with Gasteiger partial charge in [0.15, 0.2) is 0 Å². The fourth-order valence-corrected chi connectivity index (χ4v) is 2.84. The highest BCUT2D eigenvalue weighted by molar-refractivity contribution is 6.31. The van der Waals surface area contributed by atoms with Crippen molar-refractivity contribution >= 4 is 41.0 Å². The molecule has 0 bridgehead atoms. The maximum Gasteiger partial charge on any atom is 0.261 e. The van der Waals surface area contributed by atoms with Crippen molar-refractivity contribution < 1.29 is 24.3 Å². The molecular formula is C18H12ClN2O5-. The van der Waals surface area contributed by atoms with Crippen molar-refractivity contribution in [1.82, 2.24) is 4.90 Å². The third-order valence-corrected chi connectivity index (χ3v) is 4.15. The molecule has 3 rings (SSSR count). The van der Waals surface area contributed by atoms with Crippen molar-refractivity contribution in [2.75, 3.05) is 11.9 Å². The van der Waals surface area contributed by atoms with E-state index < -0.39 is 23.7 Å². The van der Waals surface area contributed by atoms with Gasteiger partial charge in [-0.05, 0) is 30.3 Å². The molecule has 0 fully saturated rings. The van der Waals surface area contributed by atoms with Gasteiger partial charge in [0.2, 0.25) is 5.91 Å². The van der Waals surface area contributed by atoms with E-state index in [1.54, 1.807) is 24.3 Å². The fourth-order valence-electron chi connectivity index (χ4n) is 2.67. The third-order valence-electron chi connectivity index (χ3n) is 3.92. The molecule has 8 heteroatoms. The predicted octanol–water partition coefficient (Wildman–Crippen LogP) is 1.33. The van der Waals surface area contributed by atoms with Gasteiger partial charge in [-0.1, -0.05) is 23.7 Å². The summed E-state index contributed by atoms with van der Waals surface area (Å²) in [5.74, 6) is -2.95. The van der Waals surface area contributed by atoms with Gasteiger partial charge in [-0.15, -0.1) is 0 Å². The van der Waals surface area contributed by atoms with Gasteiger partial charge in [0.05, 0.1) is 22.8 Å². The molecule has 132 valence electrons. The minimum atomic E-state index is -1.46. The Morgan fingerprint density at radius 2 is 1.65 bits per heavy atom. The van der Waals surface area contributed by atoms with Gasteiger partial charge in [0.1, 0.15) is 0 Å². The molecular weight excluding hydrogens is 360 g/mol. The van der Waals surface area contributed by atoms with Gasteiger partial charge in [0.25, 0.3) is 11.8 Å². The highest BCUT2D eigenvalue weighted by atomic mass is 35.5. The van der Waals surface area contributed by atoms with Crippen LogP contribution in [0.5, 0.6) is 0 Å². The minimum Gasteiger partial charge on any atom is -0.545 e. The highest BCUT2D eigenvalue weighted by Gasteiger charge is 2.34. The summed E-state index contributed by atoms with van der Waals surface area (Å²) in [4.78, 5) is 48.7. The molecule has 0 aliphatic carbocycles. The Bertz CT molecular complexity index is 906. The first-order chi connectivity index (χ1) is 12.4. The number of hydrogen-bond donors (Lipinski definition) is 1. The van der Waals surface area contributed by atoms with Crippen LogP contribution in [0.1, 0.15) is 37.5 Å². The Kier molecular flexibility index (Phi) is 4.73. The molecule has 2 aromatic rings. The van der Waals surface area contributed by atoms with Crippen LogP contribution in [0, 0.1) is 0 Å². The quantitative estimate of drug-likeness (QED) is 0.798. The van der Waals surface area contributed by atoms with E-state index in [-0.39, 0.29) is 29.2 Å². The molecule has 0 unspecified atom stereocenters. The number of hydrogen-bond acceptors (Lipinski definition) is 5. The van der Waals surface area contributed by atoms with Crippen LogP contribution in [0.2, 0.25) is 5.02 Å². The van der Waals surface area contributed by atoms with Crippen molar-refractivity contribution in [1.29, 1.82) is 0 Å². The van der Waals surface area contributed by atoms with Crippen molar-refractivity contribution in [2.24, 2.45) is 0 Å². The number of nitrogens with one attached hydrogen (secondary N) is 1. The van der Waals surface area contributed by atoms with Gasteiger partial charge < -0.3 is 15.2 Å². The highest BCUT2D eigenvalue weighted by Crippen LogP contribution is 2.23. The average molecular weight is 372 g/mol. The first kappa shape index (κ1) is 17.6. The lowest BCUT2D eigenvalue weighted by Crippen LogP contribution is -2.33. The number of halogens is 1. The minimum absolute atomic E-state index is 0.00939. The summed E-state index contributed by atoms with van der Waals surface area (Å²) < 4.78 is 0. The molecule has 0 saturated heterocycles. The van der Waals surface area contributed by atoms with E-state index in [1.165, 1.54) is 18.2 Å². The van der Waals surface area contributed by atoms with Crippen LogP contribution in [0.15, 0.2) is 42.5 Å². The number of carbonyl (C=O) groups excluding carboxylic acids is 4. The molecule has 1 aliphatic heterocycles. The number of carbonyl (C=O) groups is 4. The second-order valence-corrected chi connectivity index (χ2v) is 6.02. The first-order valence-corrected chi connectivity index (χ1v) is 8.02. The monoisotopic (exact) mass is 371 g/mol. The zero-order valence-electron chi connectivity index (χ0n) is 13.3. The number of carboxylic acids is 1. The molecule has 1 aliphatic rings. The number of aromatic carboxylic acids is 1. The van der Waals surface area contributed by atoms with Crippen LogP contribution < -0.4 is 10.4 Å². The van der Waals surface area contributed by atoms with Crippen LogP contribution in [-0.2, 0) is 4.79 Å². The Morgan fingerprint density at radius 3 is 2.23 bits per heavy atom. The molecule has 1 N–H and O–H groups in total. The number of amides is 3. The molecule has 2 aromatic carbocycles. The van der Waals surface area contributed by atoms with E-state index >= 15 is 0 Å². The molecule has 7 nitrogen and oxygen atoms in total. The maximum atomic E-state index is 12.2. The summed E-state index contributed by atoms with van der Waals surface area (Å²) in [6.45, 7) is -0.126. The Balaban J connectivity index is 1.68. The SMILES string of the molecule is O=C(CCN1C(=O)c2ccccc2C1=O)Nc1cc(Cl)ccc1C(=O)[O-]. The maximum absolute atomic E-state index is 12.2. The number of benzene rings is 2. The van der Waals surface area contributed by atoms with Crippen LogP contribution in [0.25, 0.3) is 0 Å². The fraction of sp³-hybridized carbons (Fsp3) is 0.111. The van der Waals surface area contributed by atoms with Crippen LogP contribution in [0.3, 0.4) is 0 Å². The number of nitrogens with zero attached hydrogens (tertiary/aromatic N) is 1. The van der Waals surface area contributed by atoms with Crippen molar-refractivity contribution in [3.05, 3.63) is 64.2 Å². The van der Waals surface area contributed by atoms with Crippen molar-refractivity contribution in [2.45, 2.75) is 6.42 Å². The third kappa shape index (κ3) is 3.29. The topological polar surface area (TPSA) is 107 Å². The molecule has 0 aromatic heterocycles. The van der Waals surface area contributed by atoms with Gasteiger partial charge in [-0.3, -0.25) is 19.3 Å². The predicted molar refractivity (Wildman–Crippen MR) is 90.8 cm³/mol. The smallest absolute Gasteiger partial charge is 0.261 e. The molecule has 1 heterocycles. The van der Waals surface area contributed by atoms with Crippen LogP contribution in [0.4, 0.5) is 5.69 Å². The zero-order valence-corrected chi connectivity index (χ0v) is 14.1. The second-order valence-electron chi connectivity index (χ2n) is 5.58. The lowest BCUT2D eigenvalue weighted by atomic mass is 10.1. The standard InChI is InChI=1S/C18H13ClN2O5/c19-10-5-6-13(18(25)26)14(9-10)20-15(22)7-8-21-16(23)11-3-1-2-4-12(11)17(21)24/h1-6,9H,7-8H2,(H,20,22)(H,25,26)/p-1.